The predicted molar refractivity (Wildman–Crippen MR) is 92.2 cm³/mol. The van der Waals surface area contributed by atoms with Gasteiger partial charge in [-0.25, -0.2) is 4.79 Å². The summed E-state index contributed by atoms with van der Waals surface area (Å²) in [7, 11) is 0. The van der Waals surface area contributed by atoms with Crippen LogP contribution in [0.25, 0.3) is 0 Å². The molecule has 0 aliphatic carbocycles. The van der Waals surface area contributed by atoms with Gasteiger partial charge in [0.15, 0.2) is 11.5 Å². The van der Waals surface area contributed by atoms with Crippen molar-refractivity contribution >= 4 is 5.97 Å². The maximum absolute atomic E-state index is 12.3. The lowest BCUT2D eigenvalue weighted by atomic mass is 10.1. The van der Waals surface area contributed by atoms with Crippen LogP contribution in [0.4, 0.5) is 0 Å². The average Bonchev–Trinajstić information content (AvgIpc) is 2.54. The Balaban J connectivity index is 2.07. The summed E-state index contributed by atoms with van der Waals surface area (Å²) in [6, 6.07) is 14.8. The van der Waals surface area contributed by atoms with Crippen LogP contribution in [0.15, 0.2) is 48.5 Å². The quantitative estimate of drug-likeness (QED) is 0.531. The molecule has 0 bridgehead atoms. The Bertz CT molecular complexity index is 630. The maximum Gasteiger partial charge on any atom is 0.343 e. The summed E-state index contributed by atoms with van der Waals surface area (Å²) >= 11 is 0. The van der Waals surface area contributed by atoms with Crippen LogP contribution >= 0.6 is 0 Å². The third-order valence-electron chi connectivity index (χ3n) is 3.42. The molecular weight excluding hydrogens is 288 g/mol. The number of hydrogen-bond acceptors (Lipinski definition) is 3. The van der Waals surface area contributed by atoms with Crippen LogP contribution in [0.2, 0.25) is 0 Å². The van der Waals surface area contributed by atoms with Gasteiger partial charge in [0.05, 0.1) is 11.7 Å². The van der Waals surface area contributed by atoms with Crippen molar-refractivity contribution in [3.05, 3.63) is 59.7 Å². The van der Waals surface area contributed by atoms with E-state index < -0.39 is 0 Å². The fourth-order valence-corrected chi connectivity index (χ4v) is 2.23. The first kappa shape index (κ1) is 17.1. The van der Waals surface area contributed by atoms with Gasteiger partial charge in [-0.3, -0.25) is 0 Å². The largest absolute Gasteiger partial charge is 0.487 e. The van der Waals surface area contributed by atoms with Gasteiger partial charge in [0.2, 0.25) is 0 Å². The Morgan fingerprint density at radius 1 is 1.00 bits per heavy atom. The molecule has 3 heteroatoms. The van der Waals surface area contributed by atoms with Crippen molar-refractivity contribution in [2.24, 2.45) is 0 Å². The van der Waals surface area contributed by atoms with Gasteiger partial charge in [0.1, 0.15) is 0 Å². The van der Waals surface area contributed by atoms with Crippen molar-refractivity contribution < 1.29 is 14.3 Å². The molecule has 0 saturated carbocycles. The van der Waals surface area contributed by atoms with Crippen LogP contribution in [-0.2, 0) is 6.42 Å². The van der Waals surface area contributed by atoms with Crippen LogP contribution in [0.5, 0.6) is 11.5 Å². The number of carbonyl (C=O) groups is 1. The third kappa shape index (κ3) is 5.13. The highest BCUT2D eigenvalue weighted by Gasteiger charge is 2.13. The van der Waals surface area contributed by atoms with E-state index in [-0.39, 0.29) is 12.1 Å². The molecule has 0 spiro atoms. The fraction of sp³-hybridized carbons (Fsp3) is 0.350. The molecule has 0 aromatic heterocycles. The van der Waals surface area contributed by atoms with E-state index in [1.165, 1.54) is 5.56 Å². The topological polar surface area (TPSA) is 35.5 Å². The summed E-state index contributed by atoms with van der Waals surface area (Å²) < 4.78 is 11.2. The summed E-state index contributed by atoms with van der Waals surface area (Å²) in [5, 5.41) is 0. The molecule has 0 unspecified atom stereocenters. The maximum atomic E-state index is 12.3. The molecule has 0 heterocycles. The van der Waals surface area contributed by atoms with Crippen molar-refractivity contribution in [1.82, 2.24) is 0 Å². The minimum absolute atomic E-state index is 0.0210. The van der Waals surface area contributed by atoms with Crippen molar-refractivity contribution in [3.8, 4) is 11.5 Å². The van der Waals surface area contributed by atoms with Gasteiger partial charge in [0, 0.05) is 0 Å². The molecule has 0 aliphatic rings. The molecule has 0 atom stereocenters. The molecule has 0 fully saturated rings. The van der Waals surface area contributed by atoms with Crippen molar-refractivity contribution in [2.45, 2.75) is 46.1 Å². The number of benzene rings is 2. The molecule has 122 valence electrons. The van der Waals surface area contributed by atoms with Crippen molar-refractivity contribution in [2.75, 3.05) is 0 Å². The zero-order chi connectivity index (χ0) is 16.7. The Labute approximate surface area is 138 Å². The summed E-state index contributed by atoms with van der Waals surface area (Å²) in [6.07, 6.45) is 3.38. The minimum atomic E-state index is -0.369. The summed E-state index contributed by atoms with van der Waals surface area (Å²) in [6.45, 7) is 6.05. The number of hydrogen-bond donors (Lipinski definition) is 0. The summed E-state index contributed by atoms with van der Waals surface area (Å²) in [4.78, 5) is 12.3. The van der Waals surface area contributed by atoms with E-state index in [4.69, 9.17) is 9.47 Å². The summed E-state index contributed by atoms with van der Waals surface area (Å²) in [5.74, 6) is 0.656. The zero-order valence-electron chi connectivity index (χ0n) is 14.0. The van der Waals surface area contributed by atoms with Gasteiger partial charge in [0.25, 0.3) is 0 Å². The lowest BCUT2D eigenvalue weighted by Crippen LogP contribution is -2.11. The van der Waals surface area contributed by atoms with Gasteiger partial charge in [-0.2, -0.15) is 0 Å². The van der Waals surface area contributed by atoms with Crippen molar-refractivity contribution in [3.63, 3.8) is 0 Å². The third-order valence-corrected chi connectivity index (χ3v) is 3.42. The van der Waals surface area contributed by atoms with Gasteiger partial charge in [-0.1, -0.05) is 37.6 Å². The molecule has 23 heavy (non-hydrogen) atoms. The molecular formula is C20H24O3. The molecule has 0 radical (unpaired) electrons. The Kier molecular flexibility index (Phi) is 6.21. The number of ether oxygens (including phenoxy) is 2. The lowest BCUT2D eigenvalue weighted by molar-refractivity contribution is 0.0725. The number of para-hydroxylation sites is 2. The Morgan fingerprint density at radius 2 is 1.65 bits per heavy atom. The molecule has 0 amide bonds. The molecule has 2 aromatic rings. The molecule has 0 saturated heterocycles. The number of carbonyl (C=O) groups excluding carboxylic acids is 1. The highest BCUT2D eigenvalue weighted by molar-refractivity contribution is 5.91. The molecule has 0 N–H and O–H groups in total. The SMILES string of the molecule is CCCCc1ccc(C(=O)Oc2ccccc2OC(C)C)cc1. The van der Waals surface area contributed by atoms with Crippen LogP contribution in [0.3, 0.4) is 0 Å². The van der Waals surface area contributed by atoms with E-state index in [0.717, 1.165) is 19.3 Å². The normalized spacial score (nSPS) is 10.6. The monoisotopic (exact) mass is 312 g/mol. The fourth-order valence-electron chi connectivity index (χ4n) is 2.23. The average molecular weight is 312 g/mol. The van der Waals surface area contributed by atoms with Crippen LogP contribution in [-0.4, -0.2) is 12.1 Å². The van der Waals surface area contributed by atoms with Crippen LogP contribution in [0.1, 0.15) is 49.5 Å². The van der Waals surface area contributed by atoms with E-state index in [0.29, 0.717) is 17.1 Å². The van der Waals surface area contributed by atoms with E-state index in [1.54, 1.807) is 12.1 Å². The first-order valence-electron chi connectivity index (χ1n) is 8.17. The molecule has 2 rings (SSSR count). The van der Waals surface area contributed by atoms with E-state index >= 15 is 0 Å². The minimum Gasteiger partial charge on any atom is -0.487 e. The smallest absolute Gasteiger partial charge is 0.343 e. The van der Waals surface area contributed by atoms with Crippen LogP contribution in [0, 0.1) is 0 Å². The van der Waals surface area contributed by atoms with Gasteiger partial charge < -0.3 is 9.47 Å². The van der Waals surface area contributed by atoms with Gasteiger partial charge >= 0.3 is 5.97 Å². The van der Waals surface area contributed by atoms with E-state index in [2.05, 4.69) is 6.92 Å². The zero-order valence-corrected chi connectivity index (χ0v) is 14.0. The second-order valence-corrected chi connectivity index (χ2v) is 5.80. The van der Waals surface area contributed by atoms with Crippen molar-refractivity contribution in [1.29, 1.82) is 0 Å². The Morgan fingerprint density at radius 3 is 2.26 bits per heavy atom. The van der Waals surface area contributed by atoms with Gasteiger partial charge in [-0.15, -0.1) is 0 Å². The molecule has 0 aliphatic heterocycles. The highest BCUT2D eigenvalue weighted by atomic mass is 16.6. The highest BCUT2D eigenvalue weighted by Crippen LogP contribution is 2.28. The standard InChI is InChI=1S/C20H24O3/c1-4-5-8-16-11-13-17(14-12-16)20(21)23-19-10-7-6-9-18(19)22-15(2)3/h6-7,9-15H,4-5,8H2,1-3H3. The van der Waals surface area contributed by atoms with E-state index in [1.807, 2.05) is 50.2 Å². The lowest BCUT2D eigenvalue weighted by Gasteiger charge is -2.13. The van der Waals surface area contributed by atoms with Crippen LogP contribution < -0.4 is 9.47 Å². The number of unbranched alkanes of at least 4 members (excludes halogenated alkanes) is 1. The summed E-state index contributed by atoms with van der Waals surface area (Å²) in [5.41, 5.74) is 1.79. The molecule has 2 aromatic carbocycles. The van der Waals surface area contributed by atoms with E-state index in [9.17, 15) is 4.79 Å². The Hall–Kier alpha value is -2.29. The number of aryl methyl sites for hydroxylation is 1. The van der Waals surface area contributed by atoms with Gasteiger partial charge in [-0.05, 0) is 56.5 Å². The molecule has 3 nitrogen and oxygen atoms in total. The second-order valence-electron chi connectivity index (χ2n) is 5.80. The number of esters is 1. The second kappa shape index (κ2) is 8.37. The first-order chi connectivity index (χ1) is 11.1. The number of rotatable bonds is 7. The predicted octanol–water partition coefficient (Wildman–Crippen LogP) is 5.04. The first-order valence-corrected chi connectivity index (χ1v) is 8.17.